The molecule has 0 saturated heterocycles. The number of aliphatic imine (C=N–C) groups is 1. The molecule has 130 valence electrons. The smallest absolute Gasteiger partial charge is 0.191 e. The van der Waals surface area contributed by atoms with E-state index in [0.717, 1.165) is 25.1 Å². The van der Waals surface area contributed by atoms with Gasteiger partial charge in [-0.15, -0.1) is 24.0 Å². The quantitative estimate of drug-likeness (QED) is 0.394. The van der Waals surface area contributed by atoms with Gasteiger partial charge in [0.15, 0.2) is 5.96 Å². The van der Waals surface area contributed by atoms with Crippen LogP contribution in [0.1, 0.15) is 32.3 Å². The molecular formula is C17H28FIN4. The number of hydrogen-bond donors (Lipinski definition) is 2. The van der Waals surface area contributed by atoms with Crippen LogP contribution in [0, 0.1) is 5.82 Å². The van der Waals surface area contributed by atoms with Crippen LogP contribution in [0.4, 0.5) is 4.39 Å². The molecule has 1 fully saturated rings. The van der Waals surface area contributed by atoms with E-state index in [0.29, 0.717) is 18.2 Å². The van der Waals surface area contributed by atoms with Gasteiger partial charge in [0.1, 0.15) is 5.82 Å². The number of nitrogens with zero attached hydrogens (tertiary/aromatic N) is 2. The summed E-state index contributed by atoms with van der Waals surface area (Å²) in [4.78, 5) is 6.88. The lowest BCUT2D eigenvalue weighted by Gasteiger charge is -2.25. The molecule has 1 aliphatic carbocycles. The topological polar surface area (TPSA) is 39.7 Å². The molecule has 1 atom stereocenters. The van der Waals surface area contributed by atoms with E-state index < -0.39 is 0 Å². The van der Waals surface area contributed by atoms with Gasteiger partial charge in [0.25, 0.3) is 0 Å². The van der Waals surface area contributed by atoms with Gasteiger partial charge in [0.2, 0.25) is 0 Å². The Hall–Kier alpha value is -0.890. The third-order valence-electron chi connectivity index (χ3n) is 4.09. The van der Waals surface area contributed by atoms with Crippen LogP contribution in [-0.4, -0.2) is 43.1 Å². The molecule has 0 aliphatic heterocycles. The monoisotopic (exact) mass is 434 g/mol. The molecule has 6 heteroatoms. The van der Waals surface area contributed by atoms with Gasteiger partial charge >= 0.3 is 0 Å². The Labute approximate surface area is 156 Å². The number of rotatable bonds is 7. The van der Waals surface area contributed by atoms with Gasteiger partial charge in [0, 0.05) is 30.7 Å². The van der Waals surface area contributed by atoms with Crippen LogP contribution in [0.15, 0.2) is 29.3 Å². The van der Waals surface area contributed by atoms with Gasteiger partial charge in [-0.25, -0.2) is 9.38 Å². The highest BCUT2D eigenvalue weighted by atomic mass is 127. The number of nitrogens with one attached hydrogen (secondary N) is 2. The molecule has 0 bridgehead atoms. The summed E-state index contributed by atoms with van der Waals surface area (Å²) in [6.07, 6.45) is 2.62. The molecule has 0 aromatic heterocycles. The highest BCUT2D eigenvalue weighted by molar-refractivity contribution is 14.0. The summed E-state index contributed by atoms with van der Waals surface area (Å²) >= 11 is 0. The lowest BCUT2D eigenvalue weighted by Crippen LogP contribution is -2.45. The largest absolute Gasteiger partial charge is 0.357 e. The second kappa shape index (κ2) is 10.1. The molecule has 0 heterocycles. The molecule has 23 heavy (non-hydrogen) atoms. The van der Waals surface area contributed by atoms with Gasteiger partial charge in [-0.3, -0.25) is 4.90 Å². The van der Waals surface area contributed by atoms with Crippen LogP contribution < -0.4 is 10.6 Å². The second-order valence-corrected chi connectivity index (χ2v) is 5.91. The van der Waals surface area contributed by atoms with Crippen molar-refractivity contribution in [1.29, 1.82) is 0 Å². The van der Waals surface area contributed by atoms with Crippen molar-refractivity contribution in [3.63, 3.8) is 0 Å². The standard InChI is InChI=1S/C17H27FN4.HI/c1-4-19-17(20-11-13(2)22(3)15-9-10-15)21-12-14-7-5-6-8-16(14)18;/h5-8,13,15H,4,9-12H2,1-3H3,(H2,19,20,21);1H. The van der Waals surface area contributed by atoms with E-state index in [1.807, 2.05) is 13.0 Å². The normalized spacial score (nSPS) is 16.0. The Morgan fingerprint density at radius 3 is 2.65 bits per heavy atom. The van der Waals surface area contributed by atoms with Gasteiger partial charge in [-0.05, 0) is 39.8 Å². The van der Waals surface area contributed by atoms with Crippen LogP contribution >= 0.6 is 24.0 Å². The molecule has 2 rings (SSSR count). The van der Waals surface area contributed by atoms with E-state index in [1.165, 1.54) is 18.9 Å². The van der Waals surface area contributed by atoms with E-state index in [1.54, 1.807) is 12.1 Å². The Balaban J connectivity index is 0.00000264. The van der Waals surface area contributed by atoms with Crippen LogP contribution in [0.25, 0.3) is 0 Å². The van der Waals surface area contributed by atoms with Crippen LogP contribution in [0.2, 0.25) is 0 Å². The Kier molecular flexibility index (Phi) is 8.83. The van der Waals surface area contributed by atoms with Crippen molar-refractivity contribution in [1.82, 2.24) is 15.5 Å². The van der Waals surface area contributed by atoms with Crippen molar-refractivity contribution < 1.29 is 4.39 Å². The second-order valence-electron chi connectivity index (χ2n) is 5.91. The molecule has 1 saturated carbocycles. The SMILES string of the molecule is CCNC(=NCc1ccccc1F)NCC(C)N(C)C1CC1.I. The van der Waals surface area contributed by atoms with Gasteiger partial charge in [-0.1, -0.05) is 18.2 Å². The maximum absolute atomic E-state index is 13.6. The van der Waals surface area contributed by atoms with E-state index in [9.17, 15) is 4.39 Å². The fourth-order valence-corrected chi connectivity index (χ4v) is 2.36. The first-order valence-corrected chi connectivity index (χ1v) is 8.09. The molecule has 1 aliphatic rings. The first-order valence-electron chi connectivity index (χ1n) is 8.09. The summed E-state index contributed by atoms with van der Waals surface area (Å²) < 4.78 is 13.6. The van der Waals surface area contributed by atoms with Crippen molar-refractivity contribution in [2.75, 3.05) is 20.1 Å². The average molecular weight is 434 g/mol. The zero-order valence-corrected chi connectivity index (χ0v) is 16.5. The summed E-state index contributed by atoms with van der Waals surface area (Å²) in [5.41, 5.74) is 0.614. The summed E-state index contributed by atoms with van der Waals surface area (Å²) in [7, 11) is 2.17. The fourth-order valence-electron chi connectivity index (χ4n) is 2.36. The summed E-state index contributed by atoms with van der Waals surface area (Å²) in [6, 6.07) is 7.96. The molecule has 1 unspecified atom stereocenters. The Morgan fingerprint density at radius 1 is 1.35 bits per heavy atom. The lowest BCUT2D eigenvalue weighted by atomic mass is 10.2. The van der Waals surface area contributed by atoms with Crippen LogP contribution in [0.5, 0.6) is 0 Å². The van der Waals surface area contributed by atoms with Crippen molar-refractivity contribution in [2.45, 2.75) is 45.3 Å². The first-order chi connectivity index (χ1) is 10.6. The summed E-state index contributed by atoms with van der Waals surface area (Å²) in [5, 5.41) is 6.56. The third-order valence-corrected chi connectivity index (χ3v) is 4.09. The van der Waals surface area contributed by atoms with Gasteiger partial charge < -0.3 is 10.6 Å². The molecule has 2 N–H and O–H groups in total. The predicted molar refractivity (Wildman–Crippen MR) is 105 cm³/mol. The minimum atomic E-state index is -0.205. The van der Waals surface area contributed by atoms with Gasteiger partial charge in [0.05, 0.1) is 6.54 Å². The zero-order chi connectivity index (χ0) is 15.9. The number of halogens is 2. The summed E-state index contributed by atoms with van der Waals surface area (Å²) in [6.45, 7) is 6.20. The molecule has 0 amide bonds. The molecule has 1 aromatic rings. The molecule has 0 radical (unpaired) electrons. The van der Waals surface area contributed by atoms with Crippen molar-refractivity contribution >= 4 is 29.9 Å². The molecule has 4 nitrogen and oxygen atoms in total. The highest BCUT2D eigenvalue weighted by Gasteiger charge is 2.28. The fraction of sp³-hybridized carbons (Fsp3) is 0.588. The van der Waals surface area contributed by atoms with Crippen molar-refractivity contribution in [2.24, 2.45) is 4.99 Å². The Bertz CT molecular complexity index is 505. The van der Waals surface area contributed by atoms with E-state index in [-0.39, 0.29) is 29.8 Å². The average Bonchev–Trinajstić information content (AvgIpc) is 3.35. The van der Waals surface area contributed by atoms with Crippen LogP contribution in [0.3, 0.4) is 0 Å². The van der Waals surface area contributed by atoms with Crippen molar-refractivity contribution in [3.8, 4) is 0 Å². The highest BCUT2D eigenvalue weighted by Crippen LogP contribution is 2.26. The van der Waals surface area contributed by atoms with Gasteiger partial charge in [-0.2, -0.15) is 0 Å². The minimum absolute atomic E-state index is 0. The zero-order valence-electron chi connectivity index (χ0n) is 14.2. The predicted octanol–water partition coefficient (Wildman–Crippen LogP) is 2.98. The number of likely N-dealkylation sites (N-methyl/N-ethyl adjacent to an activating group) is 1. The first kappa shape index (κ1) is 20.2. The van der Waals surface area contributed by atoms with Crippen LogP contribution in [-0.2, 0) is 6.54 Å². The van der Waals surface area contributed by atoms with E-state index in [2.05, 4.69) is 34.5 Å². The maximum Gasteiger partial charge on any atom is 0.191 e. The summed E-state index contributed by atoms with van der Waals surface area (Å²) in [5.74, 6) is 0.533. The number of guanidine groups is 1. The number of hydrogen-bond acceptors (Lipinski definition) is 2. The molecular weight excluding hydrogens is 406 g/mol. The third kappa shape index (κ3) is 6.63. The maximum atomic E-state index is 13.6. The molecule has 1 aromatic carbocycles. The van der Waals surface area contributed by atoms with E-state index in [4.69, 9.17) is 0 Å². The minimum Gasteiger partial charge on any atom is -0.357 e. The number of benzene rings is 1. The van der Waals surface area contributed by atoms with E-state index >= 15 is 0 Å². The lowest BCUT2D eigenvalue weighted by molar-refractivity contribution is 0.247. The van der Waals surface area contributed by atoms with Crippen molar-refractivity contribution in [3.05, 3.63) is 35.6 Å². The Morgan fingerprint density at radius 2 is 2.04 bits per heavy atom. The molecule has 0 spiro atoms.